The van der Waals surface area contributed by atoms with Crippen LogP contribution in [-0.4, -0.2) is 30.5 Å². The van der Waals surface area contributed by atoms with Gasteiger partial charge in [-0.3, -0.25) is 4.79 Å². The van der Waals surface area contributed by atoms with Gasteiger partial charge in [0.15, 0.2) is 0 Å². The minimum atomic E-state index is -0.0553. The number of amides is 1. The van der Waals surface area contributed by atoms with Crippen molar-refractivity contribution in [3.63, 3.8) is 0 Å². The maximum absolute atomic E-state index is 12.8. The van der Waals surface area contributed by atoms with E-state index in [2.05, 4.69) is 26.0 Å². The summed E-state index contributed by atoms with van der Waals surface area (Å²) in [5, 5.41) is 0. The van der Waals surface area contributed by atoms with Gasteiger partial charge in [0.25, 0.3) is 0 Å². The molecule has 1 amide bonds. The van der Waals surface area contributed by atoms with Gasteiger partial charge in [0, 0.05) is 13.1 Å². The maximum atomic E-state index is 12.8. The molecule has 2 aliphatic carbocycles. The fourth-order valence-corrected chi connectivity index (χ4v) is 4.56. The van der Waals surface area contributed by atoms with Crippen LogP contribution in [0.2, 0.25) is 0 Å². The van der Waals surface area contributed by atoms with Crippen molar-refractivity contribution in [1.82, 2.24) is 4.90 Å². The van der Waals surface area contributed by atoms with Crippen molar-refractivity contribution in [2.75, 3.05) is 13.7 Å². The van der Waals surface area contributed by atoms with Crippen LogP contribution in [-0.2, 0) is 4.79 Å². The molecule has 0 N–H and O–H groups in total. The Bertz CT molecular complexity index is 604. The van der Waals surface area contributed by atoms with Gasteiger partial charge in [-0.25, -0.2) is 0 Å². The van der Waals surface area contributed by atoms with Crippen LogP contribution in [0.25, 0.3) is 0 Å². The van der Waals surface area contributed by atoms with Crippen LogP contribution in [0.4, 0.5) is 0 Å². The predicted octanol–water partition coefficient (Wildman–Crippen LogP) is 5.79. The van der Waals surface area contributed by atoms with E-state index in [4.69, 9.17) is 4.74 Å². The number of hydrogen-bond acceptors (Lipinski definition) is 2. The Morgan fingerprint density at radius 3 is 2.59 bits per heavy atom. The van der Waals surface area contributed by atoms with E-state index in [1.165, 1.54) is 32.1 Å². The number of benzene rings is 1. The Balaban J connectivity index is 1.53. The number of carbonyl (C=O) groups excluding carboxylic acids is 1. The first-order chi connectivity index (χ1) is 13.1. The third-order valence-electron chi connectivity index (χ3n) is 6.71. The molecule has 3 heteroatoms. The van der Waals surface area contributed by atoms with Gasteiger partial charge >= 0.3 is 0 Å². The van der Waals surface area contributed by atoms with Crippen molar-refractivity contribution >= 4 is 5.91 Å². The Labute approximate surface area is 165 Å². The molecular weight excluding hydrogens is 334 g/mol. The van der Waals surface area contributed by atoms with Gasteiger partial charge in [0.1, 0.15) is 5.75 Å². The molecule has 1 aromatic carbocycles. The molecule has 0 saturated heterocycles. The number of ether oxygens (including phenoxy) is 1. The molecule has 0 bridgehead atoms. The molecule has 2 unspecified atom stereocenters. The lowest BCUT2D eigenvalue weighted by Crippen LogP contribution is -2.33. The van der Waals surface area contributed by atoms with Crippen LogP contribution >= 0.6 is 0 Å². The molecule has 2 aliphatic rings. The zero-order chi connectivity index (χ0) is 19.2. The first kappa shape index (κ1) is 20.2. The quantitative estimate of drug-likeness (QED) is 0.550. The van der Waals surface area contributed by atoms with E-state index < -0.39 is 0 Å². The Morgan fingerprint density at radius 2 is 1.93 bits per heavy atom. The van der Waals surface area contributed by atoms with Crippen molar-refractivity contribution in [3.05, 3.63) is 29.8 Å². The van der Waals surface area contributed by atoms with E-state index in [-0.39, 0.29) is 11.8 Å². The second-order valence-electron chi connectivity index (χ2n) is 8.73. The number of rotatable bonds is 9. The van der Waals surface area contributed by atoms with E-state index in [0.717, 1.165) is 55.4 Å². The second-order valence-corrected chi connectivity index (χ2v) is 8.73. The van der Waals surface area contributed by atoms with Gasteiger partial charge in [-0.2, -0.15) is 0 Å². The lowest BCUT2D eigenvalue weighted by molar-refractivity contribution is -0.132. The molecule has 3 nitrogen and oxygen atoms in total. The highest BCUT2D eigenvalue weighted by Gasteiger charge is 2.33. The molecule has 2 atom stereocenters. The molecule has 0 spiro atoms. The largest absolute Gasteiger partial charge is 0.494 e. The Kier molecular flexibility index (Phi) is 7.20. The third kappa shape index (κ3) is 5.49. The summed E-state index contributed by atoms with van der Waals surface area (Å²) in [4.78, 5) is 14.8. The minimum Gasteiger partial charge on any atom is -0.494 e. The average molecular weight is 372 g/mol. The SMILES string of the molecule is CCC(C(=O)N(C)C1CC1)c1cccc(OCCC(C)C2CCCCC2)c1. The van der Waals surface area contributed by atoms with Crippen LogP contribution in [0.15, 0.2) is 24.3 Å². The van der Waals surface area contributed by atoms with Gasteiger partial charge in [0.2, 0.25) is 5.91 Å². The molecule has 0 aromatic heterocycles. The highest BCUT2D eigenvalue weighted by atomic mass is 16.5. The summed E-state index contributed by atoms with van der Waals surface area (Å²) in [6.07, 6.45) is 11.3. The van der Waals surface area contributed by atoms with E-state index >= 15 is 0 Å². The number of carbonyl (C=O) groups is 1. The summed E-state index contributed by atoms with van der Waals surface area (Å²) in [5.74, 6) is 2.73. The molecular formula is C24H37NO2. The molecule has 3 rings (SSSR count). The Morgan fingerprint density at radius 1 is 1.19 bits per heavy atom. The first-order valence-electron chi connectivity index (χ1n) is 11.1. The van der Waals surface area contributed by atoms with Crippen LogP contribution in [0, 0.1) is 11.8 Å². The maximum Gasteiger partial charge on any atom is 0.230 e. The molecule has 2 saturated carbocycles. The van der Waals surface area contributed by atoms with Crippen LogP contribution in [0.3, 0.4) is 0 Å². The zero-order valence-electron chi connectivity index (χ0n) is 17.5. The van der Waals surface area contributed by atoms with Gasteiger partial charge in [0.05, 0.1) is 12.5 Å². The molecule has 0 radical (unpaired) electrons. The lowest BCUT2D eigenvalue weighted by atomic mass is 9.80. The van der Waals surface area contributed by atoms with Gasteiger partial charge in [-0.05, 0) is 55.2 Å². The molecule has 0 heterocycles. The summed E-state index contributed by atoms with van der Waals surface area (Å²) < 4.78 is 6.08. The highest BCUT2D eigenvalue weighted by Crippen LogP contribution is 2.33. The zero-order valence-corrected chi connectivity index (χ0v) is 17.5. The third-order valence-corrected chi connectivity index (χ3v) is 6.71. The topological polar surface area (TPSA) is 29.5 Å². The van der Waals surface area contributed by atoms with Gasteiger partial charge in [-0.1, -0.05) is 58.1 Å². The average Bonchev–Trinajstić information content (AvgIpc) is 3.54. The lowest BCUT2D eigenvalue weighted by Gasteiger charge is -2.27. The second kappa shape index (κ2) is 9.61. The summed E-state index contributed by atoms with van der Waals surface area (Å²) in [6, 6.07) is 8.67. The Hall–Kier alpha value is -1.51. The minimum absolute atomic E-state index is 0.0553. The van der Waals surface area contributed by atoms with Crippen molar-refractivity contribution in [1.29, 1.82) is 0 Å². The van der Waals surface area contributed by atoms with Crippen molar-refractivity contribution < 1.29 is 9.53 Å². The van der Waals surface area contributed by atoms with Crippen molar-refractivity contribution in [2.45, 2.75) is 83.6 Å². The summed E-state index contributed by atoms with van der Waals surface area (Å²) >= 11 is 0. The van der Waals surface area contributed by atoms with Crippen molar-refractivity contribution in [3.8, 4) is 5.75 Å². The first-order valence-corrected chi connectivity index (χ1v) is 11.1. The fourth-order valence-electron chi connectivity index (χ4n) is 4.56. The summed E-state index contributed by atoms with van der Waals surface area (Å²) in [5.41, 5.74) is 1.09. The number of nitrogens with zero attached hydrogens (tertiary/aromatic N) is 1. The molecule has 150 valence electrons. The normalized spacial score (nSPS) is 20.1. The fraction of sp³-hybridized carbons (Fsp3) is 0.708. The summed E-state index contributed by atoms with van der Waals surface area (Å²) in [7, 11) is 1.95. The van der Waals surface area contributed by atoms with Crippen LogP contribution < -0.4 is 4.74 Å². The molecule has 2 fully saturated rings. The van der Waals surface area contributed by atoms with Gasteiger partial charge < -0.3 is 9.64 Å². The number of likely N-dealkylation sites (N-methyl/N-ethyl adjacent to an activating group) is 1. The molecule has 1 aromatic rings. The van der Waals surface area contributed by atoms with E-state index in [9.17, 15) is 4.79 Å². The summed E-state index contributed by atoms with van der Waals surface area (Å²) in [6.45, 7) is 5.26. The highest BCUT2D eigenvalue weighted by molar-refractivity contribution is 5.84. The smallest absolute Gasteiger partial charge is 0.230 e. The van der Waals surface area contributed by atoms with E-state index in [1.807, 2.05) is 24.1 Å². The predicted molar refractivity (Wildman–Crippen MR) is 111 cm³/mol. The molecule has 0 aliphatic heterocycles. The standard InChI is InChI=1S/C24H37NO2/c1-4-23(24(26)25(3)21-13-14-21)20-11-8-12-22(17-20)27-16-15-18(2)19-9-6-5-7-10-19/h8,11-12,17-19,21,23H,4-7,9-10,13-16H2,1-3H3. The van der Waals surface area contributed by atoms with Crippen LogP contribution in [0.1, 0.15) is 83.1 Å². The van der Waals surface area contributed by atoms with E-state index in [1.54, 1.807) is 0 Å². The van der Waals surface area contributed by atoms with E-state index in [0.29, 0.717) is 6.04 Å². The van der Waals surface area contributed by atoms with Gasteiger partial charge in [-0.15, -0.1) is 0 Å². The van der Waals surface area contributed by atoms with Crippen LogP contribution in [0.5, 0.6) is 5.75 Å². The monoisotopic (exact) mass is 371 g/mol. The van der Waals surface area contributed by atoms with Crippen molar-refractivity contribution in [2.24, 2.45) is 11.8 Å². The number of hydrogen-bond donors (Lipinski definition) is 0. The molecule has 27 heavy (non-hydrogen) atoms.